The van der Waals surface area contributed by atoms with Gasteiger partial charge in [-0.15, -0.1) is 11.8 Å². The molecule has 150 valence electrons. The Bertz CT molecular complexity index is 578. The molecule has 0 saturated carbocycles. The van der Waals surface area contributed by atoms with Crippen LogP contribution in [0.25, 0.3) is 0 Å². The van der Waals surface area contributed by atoms with Gasteiger partial charge in [-0.3, -0.25) is 9.36 Å². The van der Waals surface area contributed by atoms with Gasteiger partial charge in [0.1, 0.15) is 10.9 Å². The van der Waals surface area contributed by atoms with E-state index in [1.165, 1.54) is 18.0 Å². The van der Waals surface area contributed by atoms with Crippen LogP contribution in [0.2, 0.25) is 0 Å². The highest BCUT2D eigenvalue weighted by Crippen LogP contribution is 2.64. The number of esters is 1. The van der Waals surface area contributed by atoms with Gasteiger partial charge in [-0.1, -0.05) is 13.3 Å². The lowest BCUT2D eigenvalue weighted by Gasteiger charge is -2.31. The largest absolute Gasteiger partial charge is 0.472 e. The second kappa shape index (κ2) is 11.9. The van der Waals surface area contributed by atoms with Gasteiger partial charge in [0.05, 0.1) is 32.3 Å². The maximum atomic E-state index is 13.6. The molecule has 0 aromatic carbocycles. The number of thioether (sulfide) groups is 1. The highest BCUT2D eigenvalue weighted by molar-refractivity contribution is 8.00. The first-order valence-electron chi connectivity index (χ1n) is 9.14. The summed E-state index contributed by atoms with van der Waals surface area (Å²) in [6, 6.07) is 0. The van der Waals surface area contributed by atoms with E-state index >= 15 is 0 Å². The Morgan fingerprint density at radius 2 is 1.81 bits per heavy atom. The van der Waals surface area contributed by atoms with Gasteiger partial charge in [0.2, 0.25) is 0 Å². The van der Waals surface area contributed by atoms with E-state index in [1.807, 2.05) is 6.92 Å². The number of furan rings is 1. The third-order valence-corrected chi connectivity index (χ3v) is 7.82. The number of hydrogen-bond acceptors (Lipinski definition) is 7. The van der Waals surface area contributed by atoms with Crippen molar-refractivity contribution in [1.29, 1.82) is 0 Å². The lowest BCUT2D eigenvalue weighted by Crippen LogP contribution is -2.29. The number of carbonyl (C=O) groups excluding carboxylic acids is 1. The molecule has 0 aliphatic rings. The van der Waals surface area contributed by atoms with Crippen LogP contribution in [-0.2, 0) is 23.1 Å². The standard InChI is InChI=1S/C18H31O6PS/c1-6-10-11-26-17(18(19)22-7-2)16(15-13-21-12-14(15)5)25(20,23-8-3)24-9-4/h12-13,16-17H,6-11H2,1-5H3. The average molecular weight is 406 g/mol. The van der Waals surface area contributed by atoms with Crippen molar-refractivity contribution in [3.63, 3.8) is 0 Å². The van der Waals surface area contributed by atoms with Crippen LogP contribution in [0.15, 0.2) is 16.9 Å². The molecule has 6 nitrogen and oxygen atoms in total. The van der Waals surface area contributed by atoms with Crippen LogP contribution in [-0.4, -0.2) is 36.8 Å². The number of aryl methyl sites for hydroxylation is 1. The molecule has 2 atom stereocenters. The van der Waals surface area contributed by atoms with E-state index in [9.17, 15) is 9.36 Å². The molecule has 1 heterocycles. The Labute approximate surface area is 160 Å². The Hall–Kier alpha value is -0.750. The summed E-state index contributed by atoms with van der Waals surface area (Å²) in [5.74, 6) is 0.352. The minimum absolute atomic E-state index is 0.222. The summed E-state index contributed by atoms with van der Waals surface area (Å²) in [4.78, 5) is 12.7. The molecule has 0 radical (unpaired) electrons. The average Bonchev–Trinajstić information content (AvgIpc) is 3.00. The van der Waals surface area contributed by atoms with Gasteiger partial charge in [0.15, 0.2) is 0 Å². The fraction of sp³-hybridized carbons (Fsp3) is 0.722. The molecule has 0 amide bonds. The fourth-order valence-corrected chi connectivity index (χ4v) is 6.72. The molecular weight excluding hydrogens is 375 g/mol. The van der Waals surface area contributed by atoms with Crippen molar-refractivity contribution in [1.82, 2.24) is 0 Å². The van der Waals surface area contributed by atoms with Gasteiger partial charge < -0.3 is 18.2 Å². The van der Waals surface area contributed by atoms with Crippen LogP contribution in [0.5, 0.6) is 0 Å². The van der Waals surface area contributed by atoms with Crippen molar-refractivity contribution in [3.8, 4) is 0 Å². The Balaban J connectivity index is 3.38. The summed E-state index contributed by atoms with van der Waals surface area (Å²) in [6.07, 6.45) is 5.05. The molecule has 0 fully saturated rings. The lowest BCUT2D eigenvalue weighted by molar-refractivity contribution is -0.142. The van der Waals surface area contributed by atoms with Crippen LogP contribution < -0.4 is 0 Å². The number of hydrogen-bond donors (Lipinski definition) is 0. The van der Waals surface area contributed by atoms with E-state index in [2.05, 4.69) is 6.92 Å². The molecule has 8 heteroatoms. The zero-order valence-electron chi connectivity index (χ0n) is 16.4. The van der Waals surface area contributed by atoms with E-state index in [4.69, 9.17) is 18.2 Å². The molecule has 0 aliphatic carbocycles. The molecule has 0 spiro atoms. The predicted molar refractivity (Wildman–Crippen MR) is 105 cm³/mol. The number of rotatable bonds is 13. The van der Waals surface area contributed by atoms with E-state index in [1.54, 1.807) is 27.0 Å². The minimum atomic E-state index is -3.61. The zero-order chi connectivity index (χ0) is 19.6. The monoisotopic (exact) mass is 406 g/mol. The molecule has 26 heavy (non-hydrogen) atoms. The Morgan fingerprint density at radius 1 is 1.15 bits per heavy atom. The van der Waals surface area contributed by atoms with Gasteiger partial charge in [-0.05, 0) is 45.4 Å². The van der Waals surface area contributed by atoms with Gasteiger partial charge >= 0.3 is 13.6 Å². The van der Waals surface area contributed by atoms with Crippen molar-refractivity contribution in [2.45, 2.75) is 58.4 Å². The molecule has 0 N–H and O–H groups in total. The highest BCUT2D eigenvalue weighted by atomic mass is 32.2. The molecule has 1 aromatic rings. The van der Waals surface area contributed by atoms with E-state index < -0.39 is 24.5 Å². The van der Waals surface area contributed by atoms with E-state index in [0.29, 0.717) is 5.56 Å². The second-order valence-electron chi connectivity index (χ2n) is 5.73. The van der Waals surface area contributed by atoms with Crippen LogP contribution in [0.4, 0.5) is 0 Å². The van der Waals surface area contributed by atoms with Crippen molar-refractivity contribution in [2.24, 2.45) is 0 Å². The summed E-state index contributed by atoms with van der Waals surface area (Å²) in [7, 11) is -3.61. The third kappa shape index (κ3) is 6.15. The highest BCUT2D eigenvalue weighted by Gasteiger charge is 2.47. The van der Waals surface area contributed by atoms with Crippen molar-refractivity contribution in [2.75, 3.05) is 25.6 Å². The molecular formula is C18H31O6PS. The van der Waals surface area contributed by atoms with Crippen molar-refractivity contribution < 1.29 is 27.6 Å². The van der Waals surface area contributed by atoms with E-state index in [-0.39, 0.29) is 19.8 Å². The summed E-state index contributed by atoms with van der Waals surface area (Å²) in [6.45, 7) is 9.92. The van der Waals surface area contributed by atoms with Gasteiger partial charge in [-0.25, -0.2) is 0 Å². The predicted octanol–water partition coefficient (Wildman–Crippen LogP) is 5.36. The maximum absolute atomic E-state index is 13.6. The SMILES string of the molecule is CCCCSC(C(=O)OCC)C(c1cocc1C)P(=O)(OCC)OCC. The first-order valence-corrected chi connectivity index (χ1v) is 11.8. The molecule has 1 aromatic heterocycles. The van der Waals surface area contributed by atoms with Crippen LogP contribution in [0, 0.1) is 6.92 Å². The maximum Gasteiger partial charge on any atom is 0.339 e. The van der Waals surface area contributed by atoms with Crippen molar-refractivity contribution in [3.05, 3.63) is 23.7 Å². The molecule has 0 aliphatic heterocycles. The first-order chi connectivity index (χ1) is 12.4. The minimum Gasteiger partial charge on any atom is -0.472 e. The van der Waals surface area contributed by atoms with E-state index in [0.717, 1.165) is 24.2 Å². The first kappa shape index (κ1) is 23.3. The Morgan fingerprint density at radius 3 is 2.27 bits per heavy atom. The molecule has 0 saturated heterocycles. The lowest BCUT2D eigenvalue weighted by atomic mass is 10.1. The second-order valence-corrected chi connectivity index (χ2v) is 9.13. The normalized spacial score (nSPS) is 14.2. The van der Waals surface area contributed by atoms with Crippen LogP contribution in [0.3, 0.4) is 0 Å². The smallest absolute Gasteiger partial charge is 0.339 e. The summed E-state index contributed by atoms with van der Waals surface area (Å²) < 4.78 is 35.4. The number of carbonyl (C=O) groups is 1. The summed E-state index contributed by atoms with van der Waals surface area (Å²) >= 11 is 1.44. The van der Waals surface area contributed by atoms with Crippen molar-refractivity contribution >= 4 is 25.3 Å². The van der Waals surface area contributed by atoms with Gasteiger partial charge in [0.25, 0.3) is 0 Å². The molecule has 1 rings (SSSR count). The third-order valence-electron chi connectivity index (χ3n) is 3.77. The fourth-order valence-electron chi connectivity index (χ4n) is 2.60. The number of unbranched alkanes of at least 4 members (excludes halogenated alkanes) is 1. The molecule has 0 bridgehead atoms. The van der Waals surface area contributed by atoms with Gasteiger partial charge in [0, 0.05) is 5.56 Å². The van der Waals surface area contributed by atoms with Crippen LogP contribution >= 0.6 is 19.4 Å². The molecule has 2 unspecified atom stereocenters. The Kier molecular flexibility index (Phi) is 10.6. The topological polar surface area (TPSA) is 75.0 Å². The number of ether oxygens (including phenoxy) is 1. The van der Waals surface area contributed by atoms with Crippen LogP contribution in [0.1, 0.15) is 57.3 Å². The summed E-state index contributed by atoms with van der Waals surface area (Å²) in [5.41, 5.74) is 0.694. The summed E-state index contributed by atoms with van der Waals surface area (Å²) in [5, 5.41) is -0.693. The quantitative estimate of drug-likeness (QED) is 0.248. The van der Waals surface area contributed by atoms with Gasteiger partial charge in [-0.2, -0.15) is 0 Å². The zero-order valence-corrected chi connectivity index (χ0v) is 18.1.